The van der Waals surface area contributed by atoms with Crippen molar-refractivity contribution in [3.05, 3.63) is 76.3 Å². The van der Waals surface area contributed by atoms with E-state index in [2.05, 4.69) is 31.2 Å². The van der Waals surface area contributed by atoms with Crippen molar-refractivity contribution < 1.29 is 4.79 Å². The third kappa shape index (κ3) is 3.06. The monoisotopic (exact) mass is 321 g/mol. The van der Waals surface area contributed by atoms with E-state index in [1.165, 1.54) is 6.33 Å². The number of para-hydroxylation sites is 1. The summed E-state index contributed by atoms with van der Waals surface area (Å²) in [5, 5.41) is 0.461. The van der Waals surface area contributed by atoms with Crippen molar-refractivity contribution in [2.45, 2.75) is 26.2 Å². The summed E-state index contributed by atoms with van der Waals surface area (Å²) in [5.41, 5.74) is 4.53. The van der Waals surface area contributed by atoms with Crippen LogP contribution in [0.4, 0.5) is 0 Å². The van der Waals surface area contributed by atoms with Gasteiger partial charge in [0.05, 0.1) is 10.9 Å². The van der Waals surface area contributed by atoms with Crippen LogP contribution in [-0.4, -0.2) is 15.6 Å². The molecule has 0 atom stereocenters. The zero-order valence-corrected chi connectivity index (χ0v) is 13.9. The minimum Gasteiger partial charge on any atom is -0.267 e. The minimum atomic E-state index is -0.352. The summed E-state index contributed by atoms with van der Waals surface area (Å²) in [4.78, 5) is 28.9. The van der Waals surface area contributed by atoms with Gasteiger partial charge in [-0.3, -0.25) is 15.0 Å². The molecule has 1 amide bonds. The number of hydrogen-bond acceptors (Lipinski definition) is 3. The number of aromatic nitrogens is 2. The lowest BCUT2D eigenvalue weighted by molar-refractivity contribution is 0.101. The molecule has 1 aromatic heterocycles. The molecular formula is C19H19N3O2. The van der Waals surface area contributed by atoms with Gasteiger partial charge in [0.1, 0.15) is 6.33 Å². The molecule has 0 aliphatic rings. The molecule has 0 saturated carbocycles. The average molecular weight is 321 g/mol. The summed E-state index contributed by atoms with van der Waals surface area (Å²) in [6.07, 6.45) is 1.33. The van der Waals surface area contributed by atoms with Gasteiger partial charge in [0.25, 0.3) is 11.5 Å². The van der Waals surface area contributed by atoms with E-state index in [1.807, 2.05) is 18.2 Å². The second-order valence-electron chi connectivity index (χ2n) is 6.71. The Kier molecular flexibility index (Phi) is 3.93. The van der Waals surface area contributed by atoms with Gasteiger partial charge in [-0.05, 0) is 35.2 Å². The van der Waals surface area contributed by atoms with Gasteiger partial charge in [-0.15, -0.1) is 0 Å². The molecule has 1 N–H and O–H groups in total. The Labute approximate surface area is 139 Å². The van der Waals surface area contributed by atoms with Crippen LogP contribution in [0.2, 0.25) is 0 Å². The summed E-state index contributed by atoms with van der Waals surface area (Å²) in [7, 11) is 0. The van der Waals surface area contributed by atoms with Crippen LogP contribution in [0.3, 0.4) is 0 Å². The summed E-state index contributed by atoms with van der Waals surface area (Å²) in [5.74, 6) is -0.352. The Bertz CT molecular complexity index is 951. The second kappa shape index (κ2) is 5.92. The fraction of sp³-hybridized carbons (Fsp3) is 0.211. The summed E-state index contributed by atoms with van der Waals surface area (Å²) in [6.45, 7) is 6.34. The van der Waals surface area contributed by atoms with E-state index in [9.17, 15) is 9.59 Å². The maximum atomic E-state index is 12.4. The number of amides is 1. The van der Waals surface area contributed by atoms with Gasteiger partial charge in [-0.1, -0.05) is 45.0 Å². The van der Waals surface area contributed by atoms with E-state index in [0.29, 0.717) is 16.5 Å². The zero-order chi connectivity index (χ0) is 17.3. The molecule has 3 rings (SSSR count). The predicted octanol–water partition coefficient (Wildman–Crippen LogP) is 3.08. The molecule has 5 nitrogen and oxygen atoms in total. The number of hydrogen-bond donors (Lipinski definition) is 1. The molecule has 0 saturated heterocycles. The van der Waals surface area contributed by atoms with Crippen molar-refractivity contribution >= 4 is 16.8 Å². The Morgan fingerprint density at radius 1 is 1.04 bits per heavy atom. The van der Waals surface area contributed by atoms with Crippen LogP contribution < -0.4 is 11.0 Å². The van der Waals surface area contributed by atoms with Gasteiger partial charge in [0.15, 0.2) is 0 Å². The standard InChI is InChI=1S/C19H19N3O2/c1-19(2,3)14-10-8-13(9-11-14)17(23)21-22-12-20-16-7-5-4-6-15(16)18(22)24/h4-12H,1-3H3,(H,21,23). The van der Waals surface area contributed by atoms with Crippen molar-refractivity contribution in [2.24, 2.45) is 0 Å². The first-order valence-electron chi connectivity index (χ1n) is 7.74. The summed E-state index contributed by atoms with van der Waals surface area (Å²) in [6, 6.07) is 14.4. The first kappa shape index (κ1) is 15.9. The average Bonchev–Trinajstić information content (AvgIpc) is 2.57. The van der Waals surface area contributed by atoms with Gasteiger partial charge in [-0.2, -0.15) is 0 Å². The van der Waals surface area contributed by atoms with Gasteiger partial charge in [0.2, 0.25) is 0 Å². The van der Waals surface area contributed by atoms with Gasteiger partial charge in [0, 0.05) is 5.56 Å². The largest absolute Gasteiger partial charge is 0.280 e. The predicted molar refractivity (Wildman–Crippen MR) is 94.8 cm³/mol. The fourth-order valence-electron chi connectivity index (χ4n) is 2.44. The Morgan fingerprint density at radius 3 is 2.38 bits per heavy atom. The van der Waals surface area contributed by atoms with Gasteiger partial charge in [-0.25, -0.2) is 9.66 Å². The molecule has 0 aliphatic carbocycles. The second-order valence-corrected chi connectivity index (χ2v) is 6.71. The van der Waals surface area contributed by atoms with Crippen molar-refractivity contribution in [3.8, 4) is 0 Å². The molecule has 0 fully saturated rings. The van der Waals surface area contributed by atoms with Crippen molar-refractivity contribution in [1.82, 2.24) is 9.66 Å². The maximum absolute atomic E-state index is 12.4. The van der Waals surface area contributed by atoms with E-state index in [0.717, 1.165) is 10.2 Å². The molecule has 3 aromatic rings. The molecule has 122 valence electrons. The lowest BCUT2D eigenvalue weighted by Gasteiger charge is -2.19. The number of carbonyl (C=O) groups is 1. The minimum absolute atomic E-state index is 0.0220. The Hall–Kier alpha value is -2.95. The number of benzene rings is 2. The van der Waals surface area contributed by atoms with Crippen LogP contribution in [0.1, 0.15) is 36.7 Å². The van der Waals surface area contributed by atoms with E-state index >= 15 is 0 Å². The van der Waals surface area contributed by atoms with E-state index in [-0.39, 0.29) is 16.9 Å². The quantitative estimate of drug-likeness (QED) is 0.789. The number of rotatable bonds is 2. The highest BCUT2D eigenvalue weighted by Crippen LogP contribution is 2.22. The van der Waals surface area contributed by atoms with Crippen LogP contribution in [-0.2, 0) is 5.41 Å². The number of fused-ring (bicyclic) bond motifs is 1. The fourth-order valence-corrected chi connectivity index (χ4v) is 2.44. The molecule has 5 heteroatoms. The molecule has 24 heavy (non-hydrogen) atoms. The number of nitrogens with zero attached hydrogens (tertiary/aromatic N) is 2. The van der Waals surface area contributed by atoms with E-state index in [4.69, 9.17) is 0 Å². The third-order valence-electron chi connectivity index (χ3n) is 3.90. The molecule has 0 bridgehead atoms. The normalized spacial score (nSPS) is 11.5. The molecule has 0 radical (unpaired) electrons. The van der Waals surface area contributed by atoms with Crippen LogP contribution in [0.5, 0.6) is 0 Å². The summed E-state index contributed by atoms with van der Waals surface area (Å²) >= 11 is 0. The number of carbonyl (C=O) groups excluding carboxylic acids is 1. The first-order valence-corrected chi connectivity index (χ1v) is 7.74. The van der Waals surface area contributed by atoms with E-state index < -0.39 is 0 Å². The van der Waals surface area contributed by atoms with Gasteiger partial charge >= 0.3 is 0 Å². The Morgan fingerprint density at radius 2 is 1.71 bits per heavy atom. The molecule has 2 aromatic carbocycles. The van der Waals surface area contributed by atoms with Crippen molar-refractivity contribution in [3.63, 3.8) is 0 Å². The van der Waals surface area contributed by atoms with Gasteiger partial charge < -0.3 is 0 Å². The van der Waals surface area contributed by atoms with Crippen LogP contribution in [0.25, 0.3) is 10.9 Å². The highest BCUT2D eigenvalue weighted by molar-refractivity contribution is 6.00. The van der Waals surface area contributed by atoms with Crippen molar-refractivity contribution in [2.75, 3.05) is 5.43 Å². The van der Waals surface area contributed by atoms with Crippen LogP contribution in [0, 0.1) is 0 Å². The smallest absolute Gasteiger partial charge is 0.267 e. The molecule has 0 unspecified atom stereocenters. The van der Waals surface area contributed by atoms with Crippen LogP contribution >= 0.6 is 0 Å². The van der Waals surface area contributed by atoms with E-state index in [1.54, 1.807) is 30.3 Å². The zero-order valence-electron chi connectivity index (χ0n) is 13.9. The topological polar surface area (TPSA) is 64.0 Å². The Balaban J connectivity index is 1.87. The molecule has 0 spiro atoms. The third-order valence-corrected chi connectivity index (χ3v) is 3.90. The maximum Gasteiger partial charge on any atom is 0.280 e. The highest BCUT2D eigenvalue weighted by atomic mass is 16.2. The molecule has 1 heterocycles. The summed E-state index contributed by atoms with van der Waals surface area (Å²) < 4.78 is 1.11. The number of nitrogens with one attached hydrogen (secondary N) is 1. The SMILES string of the molecule is CC(C)(C)c1ccc(C(=O)Nn2cnc3ccccc3c2=O)cc1. The lowest BCUT2D eigenvalue weighted by atomic mass is 9.87. The van der Waals surface area contributed by atoms with Crippen molar-refractivity contribution in [1.29, 1.82) is 0 Å². The van der Waals surface area contributed by atoms with Crippen LogP contribution in [0.15, 0.2) is 59.7 Å². The molecular weight excluding hydrogens is 302 g/mol. The highest BCUT2D eigenvalue weighted by Gasteiger charge is 2.14. The molecule has 0 aliphatic heterocycles. The lowest BCUT2D eigenvalue weighted by Crippen LogP contribution is -2.33. The first-order chi connectivity index (χ1) is 11.4.